The van der Waals surface area contributed by atoms with E-state index >= 15 is 0 Å². The number of hydrogen-bond donors (Lipinski definition) is 1. The fourth-order valence-electron chi connectivity index (χ4n) is 3.11. The summed E-state index contributed by atoms with van der Waals surface area (Å²) in [5, 5.41) is 9.68. The third-order valence-electron chi connectivity index (χ3n) is 3.76. The third-order valence-corrected chi connectivity index (χ3v) is 3.76. The van der Waals surface area contributed by atoms with E-state index in [1.54, 1.807) is 0 Å². The normalized spacial score (nSPS) is 41.0. The van der Waals surface area contributed by atoms with Crippen molar-refractivity contribution in [1.29, 1.82) is 0 Å². The molecule has 0 saturated heterocycles. The van der Waals surface area contributed by atoms with Gasteiger partial charge in [0.25, 0.3) is 0 Å². The molecule has 4 atom stereocenters. The molecule has 3 nitrogen and oxygen atoms in total. The van der Waals surface area contributed by atoms with Crippen LogP contribution in [0.25, 0.3) is 0 Å². The highest BCUT2D eigenvalue weighted by Crippen LogP contribution is 2.47. The first-order chi connectivity index (χ1) is 6.74. The van der Waals surface area contributed by atoms with Crippen LogP contribution < -0.4 is 0 Å². The van der Waals surface area contributed by atoms with Crippen molar-refractivity contribution >= 4 is 5.97 Å². The summed E-state index contributed by atoms with van der Waals surface area (Å²) in [6.45, 7) is 2.31. The van der Waals surface area contributed by atoms with Crippen LogP contribution in [-0.2, 0) is 9.53 Å². The van der Waals surface area contributed by atoms with Gasteiger partial charge in [0, 0.05) is 0 Å². The van der Waals surface area contributed by atoms with Crippen molar-refractivity contribution in [3.63, 3.8) is 0 Å². The number of carbonyl (C=O) groups is 1. The molecular weight excluding hydrogens is 180 g/mol. The highest BCUT2D eigenvalue weighted by atomic mass is 16.5. The van der Waals surface area contributed by atoms with Crippen molar-refractivity contribution in [2.45, 2.75) is 38.7 Å². The van der Waals surface area contributed by atoms with E-state index in [1.807, 2.05) is 6.92 Å². The van der Waals surface area contributed by atoms with E-state index in [4.69, 9.17) is 4.74 Å². The summed E-state index contributed by atoms with van der Waals surface area (Å²) in [5.41, 5.74) is 0. The number of aliphatic hydroxyl groups is 1. The smallest absolute Gasteiger partial charge is 0.309 e. The maximum Gasteiger partial charge on any atom is 0.309 e. The number of ether oxygens (including phenoxy) is 1. The second-order valence-electron chi connectivity index (χ2n) is 4.41. The summed E-state index contributed by atoms with van der Waals surface area (Å²) in [5.74, 6) is 0.777. The number of fused-ring (bicyclic) bond motifs is 1. The van der Waals surface area contributed by atoms with Gasteiger partial charge >= 0.3 is 5.97 Å². The largest absolute Gasteiger partial charge is 0.466 e. The molecule has 14 heavy (non-hydrogen) atoms. The molecule has 0 aromatic rings. The minimum Gasteiger partial charge on any atom is -0.466 e. The molecule has 2 fully saturated rings. The van der Waals surface area contributed by atoms with E-state index in [1.165, 1.54) is 0 Å². The van der Waals surface area contributed by atoms with Crippen LogP contribution in [0.15, 0.2) is 0 Å². The zero-order valence-electron chi connectivity index (χ0n) is 8.61. The number of rotatable bonds is 2. The Morgan fingerprint density at radius 1 is 1.29 bits per heavy atom. The van der Waals surface area contributed by atoms with Crippen LogP contribution in [0.3, 0.4) is 0 Å². The molecule has 0 bridgehead atoms. The van der Waals surface area contributed by atoms with Crippen molar-refractivity contribution in [3.05, 3.63) is 0 Å². The van der Waals surface area contributed by atoms with Gasteiger partial charge in [-0.2, -0.15) is 0 Å². The molecule has 0 amide bonds. The maximum atomic E-state index is 11.6. The molecular formula is C11H18O3. The first-order valence-electron chi connectivity index (χ1n) is 5.58. The minimum atomic E-state index is -0.167. The summed E-state index contributed by atoms with van der Waals surface area (Å²) in [6, 6.07) is 0. The van der Waals surface area contributed by atoms with E-state index in [9.17, 15) is 9.90 Å². The van der Waals surface area contributed by atoms with Crippen molar-refractivity contribution in [3.8, 4) is 0 Å². The number of aliphatic hydroxyl groups excluding tert-OH is 1. The molecule has 3 heteroatoms. The van der Waals surface area contributed by atoms with Crippen LogP contribution >= 0.6 is 0 Å². The Labute approximate surface area is 84.4 Å². The van der Waals surface area contributed by atoms with E-state index in [0.717, 1.165) is 25.7 Å². The van der Waals surface area contributed by atoms with Crippen molar-refractivity contribution in [2.24, 2.45) is 17.8 Å². The molecule has 1 N–H and O–H groups in total. The molecule has 0 spiro atoms. The molecule has 0 radical (unpaired) electrons. The van der Waals surface area contributed by atoms with Crippen molar-refractivity contribution < 1.29 is 14.6 Å². The SMILES string of the molecule is CCOC(=O)[C@H]1CC[C@@H]2C(O)CC[C@H]12. The van der Waals surface area contributed by atoms with Gasteiger partial charge in [0.05, 0.1) is 18.6 Å². The van der Waals surface area contributed by atoms with Gasteiger partial charge in [-0.1, -0.05) is 0 Å². The Balaban J connectivity index is 1.99. The summed E-state index contributed by atoms with van der Waals surface area (Å²) < 4.78 is 5.05. The fourth-order valence-corrected chi connectivity index (χ4v) is 3.11. The Bertz CT molecular complexity index is 227. The predicted molar refractivity (Wildman–Crippen MR) is 51.6 cm³/mol. The third kappa shape index (κ3) is 1.54. The average molecular weight is 198 g/mol. The van der Waals surface area contributed by atoms with Crippen molar-refractivity contribution in [2.75, 3.05) is 6.61 Å². The number of hydrogen-bond acceptors (Lipinski definition) is 3. The zero-order valence-corrected chi connectivity index (χ0v) is 8.61. The molecule has 0 heterocycles. The zero-order chi connectivity index (χ0) is 10.1. The Morgan fingerprint density at radius 2 is 2.00 bits per heavy atom. The van der Waals surface area contributed by atoms with Crippen LogP contribution in [0, 0.1) is 17.8 Å². The molecule has 80 valence electrons. The number of carbonyl (C=O) groups excluding carboxylic acids is 1. The average Bonchev–Trinajstić information content (AvgIpc) is 2.69. The maximum absolute atomic E-state index is 11.6. The van der Waals surface area contributed by atoms with Gasteiger partial charge in [-0.15, -0.1) is 0 Å². The summed E-state index contributed by atoms with van der Waals surface area (Å²) in [4.78, 5) is 11.6. The molecule has 0 aliphatic heterocycles. The highest BCUT2D eigenvalue weighted by molar-refractivity contribution is 5.73. The lowest BCUT2D eigenvalue weighted by molar-refractivity contribution is -0.149. The van der Waals surface area contributed by atoms with Gasteiger partial charge in [-0.05, 0) is 44.4 Å². The minimum absolute atomic E-state index is 0.0471. The van der Waals surface area contributed by atoms with Gasteiger partial charge in [0.2, 0.25) is 0 Å². The lowest BCUT2D eigenvalue weighted by Crippen LogP contribution is -2.23. The van der Waals surface area contributed by atoms with Gasteiger partial charge in [-0.25, -0.2) is 0 Å². The molecule has 2 saturated carbocycles. The molecule has 2 rings (SSSR count). The van der Waals surface area contributed by atoms with Gasteiger partial charge < -0.3 is 9.84 Å². The molecule has 2 aliphatic carbocycles. The monoisotopic (exact) mass is 198 g/mol. The second kappa shape index (κ2) is 3.89. The standard InChI is InChI=1S/C11H18O3/c1-2-14-11(13)9-4-3-8-7(9)5-6-10(8)12/h7-10,12H,2-6H2,1H3/t7-,8-,9-,10?/m0/s1. The molecule has 0 aromatic heterocycles. The molecule has 1 unspecified atom stereocenters. The topological polar surface area (TPSA) is 46.5 Å². The fraction of sp³-hybridized carbons (Fsp3) is 0.909. The van der Waals surface area contributed by atoms with Crippen LogP contribution in [0.1, 0.15) is 32.6 Å². The lowest BCUT2D eigenvalue weighted by atomic mass is 9.92. The highest BCUT2D eigenvalue weighted by Gasteiger charge is 2.47. The predicted octanol–water partition coefficient (Wildman–Crippen LogP) is 1.35. The van der Waals surface area contributed by atoms with Gasteiger partial charge in [-0.3, -0.25) is 4.79 Å². The van der Waals surface area contributed by atoms with Crippen LogP contribution in [0.5, 0.6) is 0 Å². The first-order valence-corrected chi connectivity index (χ1v) is 5.58. The van der Waals surface area contributed by atoms with Gasteiger partial charge in [0.15, 0.2) is 0 Å². The number of esters is 1. The summed E-state index contributed by atoms with van der Waals surface area (Å²) in [6.07, 6.45) is 3.60. The quantitative estimate of drug-likeness (QED) is 0.681. The molecule has 0 aromatic carbocycles. The van der Waals surface area contributed by atoms with E-state index in [2.05, 4.69) is 0 Å². The molecule has 2 aliphatic rings. The Hall–Kier alpha value is -0.570. The van der Waals surface area contributed by atoms with Crippen LogP contribution in [0.4, 0.5) is 0 Å². The van der Waals surface area contributed by atoms with Crippen LogP contribution in [-0.4, -0.2) is 23.8 Å². The van der Waals surface area contributed by atoms with E-state index < -0.39 is 0 Å². The Morgan fingerprint density at radius 3 is 2.71 bits per heavy atom. The van der Waals surface area contributed by atoms with Crippen LogP contribution in [0.2, 0.25) is 0 Å². The van der Waals surface area contributed by atoms with Gasteiger partial charge in [0.1, 0.15) is 0 Å². The van der Waals surface area contributed by atoms with E-state index in [-0.39, 0.29) is 18.0 Å². The first kappa shape index (κ1) is 9.97. The lowest BCUT2D eigenvalue weighted by Gasteiger charge is -2.17. The summed E-state index contributed by atoms with van der Waals surface area (Å²) in [7, 11) is 0. The van der Waals surface area contributed by atoms with Crippen molar-refractivity contribution in [1.82, 2.24) is 0 Å². The Kier molecular flexibility index (Phi) is 2.77. The van der Waals surface area contributed by atoms with E-state index in [0.29, 0.717) is 18.4 Å². The summed E-state index contributed by atoms with van der Waals surface area (Å²) >= 11 is 0. The second-order valence-corrected chi connectivity index (χ2v) is 4.41.